The average Bonchev–Trinajstić information content (AvgIpc) is 3.35. The molecule has 192 valence electrons. The van der Waals surface area contributed by atoms with Crippen LogP contribution in [0.1, 0.15) is 23.8 Å². The summed E-state index contributed by atoms with van der Waals surface area (Å²) in [4.78, 5) is 29.5. The van der Waals surface area contributed by atoms with Crippen molar-refractivity contribution in [2.24, 2.45) is 0 Å². The number of ether oxygens (including phenoxy) is 1. The third-order valence-electron chi connectivity index (χ3n) is 6.23. The van der Waals surface area contributed by atoms with Crippen LogP contribution in [-0.4, -0.2) is 68.7 Å². The number of carbonyl (C=O) groups is 1. The largest absolute Gasteiger partial charge is 0.494 e. The van der Waals surface area contributed by atoms with Gasteiger partial charge in [-0.3, -0.25) is 4.79 Å². The normalized spacial score (nSPS) is 12.9. The lowest BCUT2D eigenvalue weighted by molar-refractivity contribution is -0.115. The Hall–Kier alpha value is -3.37. The minimum Gasteiger partial charge on any atom is -0.494 e. The molecule has 9 nitrogen and oxygen atoms in total. The molecule has 1 aromatic carbocycles. The van der Waals surface area contributed by atoms with Gasteiger partial charge in [-0.1, -0.05) is 6.92 Å². The second-order valence-corrected chi connectivity index (χ2v) is 10.1. The Kier molecular flexibility index (Phi) is 8.27. The van der Waals surface area contributed by atoms with Gasteiger partial charge in [0.25, 0.3) is 0 Å². The van der Waals surface area contributed by atoms with Crippen LogP contribution in [0.5, 0.6) is 5.75 Å². The third kappa shape index (κ3) is 6.06. The minimum atomic E-state index is -0.0514. The second-order valence-electron chi connectivity index (χ2n) is 9.10. The number of nitrogens with one attached hydrogen (secondary N) is 2. The molecule has 1 amide bonds. The predicted octanol–water partition coefficient (Wildman–Crippen LogP) is 4.20. The first kappa shape index (κ1) is 25.7. The number of hydrogen-bond donors (Lipinski definition) is 2. The molecular formula is C26H35N7O2S. The Morgan fingerprint density at radius 1 is 1.19 bits per heavy atom. The molecule has 1 aliphatic rings. The number of likely N-dealkylation sites (N-methyl/N-ethyl adjacent to an activating group) is 2. The minimum absolute atomic E-state index is 0.0514. The van der Waals surface area contributed by atoms with E-state index < -0.39 is 0 Å². The molecule has 1 aliphatic heterocycles. The standard InChI is InChI=1S/C26H35N7O2S/c1-6-25(34)28-19-15-20(22(35-5)16-21(19)32(4)13-12-31(2)3)29-26-27-10-7-24(30-26)33-11-8-23-18(17-33)9-14-36-23/h7,9-10,14-16H,6,8,11-13,17H2,1-5H3,(H,28,34)(H,27,29,30). The number of aromatic nitrogens is 2. The highest BCUT2D eigenvalue weighted by atomic mass is 32.1. The molecule has 0 aliphatic carbocycles. The van der Waals surface area contributed by atoms with E-state index in [9.17, 15) is 4.79 Å². The molecule has 10 heteroatoms. The van der Waals surface area contributed by atoms with Crippen molar-refractivity contribution in [2.45, 2.75) is 26.3 Å². The molecule has 0 unspecified atom stereocenters. The van der Waals surface area contributed by atoms with Crippen molar-refractivity contribution in [1.29, 1.82) is 0 Å². The van der Waals surface area contributed by atoms with Gasteiger partial charge in [0.2, 0.25) is 11.9 Å². The summed E-state index contributed by atoms with van der Waals surface area (Å²) in [6.45, 7) is 5.29. The Labute approximate surface area is 217 Å². The zero-order valence-corrected chi connectivity index (χ0v) is 22.5. The molecule has 2 N–H and O–H groups in total. The molecule has 0 saturated carbocycles. The van der Waals surface area contributed by atoms with Gasteiger partial charge in [-0.25, -0.2) is 4.98 Å². The molecular weight excluding hydrogens is 474 g/mol. The summed E-state index contributed by atoms with van der Waals surface area (Å²) < 4.78 is 5.72. The van der Waals surface area contributed by atoms with Crippen molar-refractivity contribution in [3.63, 3.8) is 0 Å². The van der Waals surface area contributed by atoms with Crippen LogP contribution in [0.4, 0.5) is 28.8 Å². The SMILES string of the molecule is CCC(=O)Nc1cc(Nc2nccc(N3CCc4sccc4C3)n2)c(OC)cc1N(C)CCN(C)C. The number of anilines is 5. The van der Waals surface area contributed by atoms with Gasteiger partial charge in [-0.15, -0.1) is 11.3 Å². The molecule has 0 fully saturated rings. The molecule has 0 saturated heterocycles. The number of amides is 1. The molecule has 0 spiro atoms. The van der Waals surface area contributed by atoms with Crippen LogP contribution in [0.15, 0.2) is 35.8 Å². The summed E-state index contributed by atoms with van der Waals surface area (Å²) in [6, 6.07) is 7.97. The molecule has 36 heavy (non-hydrogen) atoms. The Morgan fingerprint density at radius 2 is 2.03 bits per heavy atom. The number of fused-ring (bicyclic) bond motifs is 1. The number of benzene rings is 1. The van der Waals surface area contributed by atoms with Crippen LogP contribution in [0.25, 0.3) is 0 Å². The fourth-order valence-corrected chi connectivity index (χ4v) is 5.00. The Bertz CT molecular complexity index is 1200. The van der Waals surface area contributed by atoms with Gasteiger partial charge in [0, 0.05) is 56.8 Å². The molecule has 2 aromatic heterocycles. The second kappa shape index (κ2) is 11.6. The number of hydrogen-bond acceptors (Lipinski definition) is 9. The summed E-state index contributed by atoms with van der Waals surface area (Å²) in [5, 5.41) is 8.51. The Morgan fingerprint density at radius 3 is 2.78 bits per heavy atom. The van der Waals surface area contributed by atoms with E-state index >= 15 is 0 Å². The van der Waals surface area contributed by atoms with Gasteiger partial charge < -0.3 is 30.1 Å². The monoisotopic (exact) mass is 509 g/mol. The summed E-state index contributed by atoms with van der Waals surface area (Å²) in [5.74, 6) is 1.95. The van der Waals surface area contributed by atoms with Gasteiger partial charge in [-0.05, 0) is 49.7 Å². The summed E-state index contributed by atoms with van der Waals surface area (Å²) in [5.41, 5.74) is 3.65. The van der Waals surface area contributed by atoms with Crippen molar-refractivity contribution < 1.29 is 9.53 Å². The molecule has 0 radical (unpaired) electrons. The number of thiophene rings is 1. The van der Waals surface area contributed by atoms with E-state index in [4.69, 9.17) is 9.72 Å². The van der Waals surface area contributed by atoms with E-state index in [1.165, 1.54) is 10.4 Å². The zero-order chi connectivity index (χ0) is 25.7. The molecule has 3 heterocycles. The first-order chi connectivity index (χ1) is 17.4. The van der Waals surface area contributed by atoms with Gasteiger partial charge in [0.05, 0.1) is 24.2 Å². The first-order valence-corrected chi connectivity index (χ1v) is 13.0. The topological polar surface area (TPSA) is 85.9 Å². The highest BCUT2D eigenvalue weighted by Gasteiger charge is 2.20. The van der Waals surface area contributed by atoms with Crippen LogP contribution in [0.2, 0.25) is 0 Å². The van der Waals surface area contributed by atoms with Gasteiger partial charge in [0.1, 0.15) is 11.6 Å². The first-order valence-electron chi connectivity index (χ1n) is 12.2. The third-order valence-corrected chi connectivity index (χ3v) is 7.25. The van der Waals surface area contributed by atoms with Gasteiger partial charge in [0.15, 0.2) is 0 Å². The smallest absolute Gasteiger partial charge is 0.229 e. The molecule has 0 bridgehead atoms. The average molecular weight is 510 g/mol. The number of nitrogens with zero attached hydrogens (tertiary/aromatic N) is 5. The highest BCUT2D eigenvalue weighted by molar-refractivity contribution is 7.10. The van der Waals surface area contributed by atoms with Crippen molar-refractivity contribution >= 4 is 46.1 Å². The summed E-state index contributed by atoms with van der Waals surface area (Å²) in [7, 11) is 7.73. The zero-order valence-electron chi connectivity index (χ0n) is 21.7. The van der Waals surface area contributed by atoms with Crippen molar-refractivity contribution in [2.75, 3.05) is 68.3 Å². The summed E-state index contributed by atoms with van der Waals surface area (Å²) >= 11 is 1.82. The summed E-state index contributed by atoms with van der Waals surface area (Å²) in [6.07, 6.45) is 3.18. The van der Waals surface area contributed by atoms with Crippen LogP contribution in [-0.2, 0) is 17.8 Å². The predicted molar refractivity (Wildman–Crippen MR) is 148 cm³/mol. The highest BCUT2D eigenvalue weighted by Crippen LogP contribution is 2.38. The number of carbonyl (C=O) groups excluding carboxylic acids is 1. The Balaban J connectivity index is 1.60. The van der Waals surface area contributed by atoms with E-state index in [2.05, 4.69) is 41.8 Å². The van der Waals surface area contributed by atoms with E-state index in [0.29, 0.717) is 29.5 Å². The maximum Gasteiger partial charge on any atom is 0.229 e. The lowest BCUT2D eigenvalue weighted by Gasteiger charge is -2.28. The molecule has 3 aromatic rings. The fourth-order valence-electron chi connectivity index (χ4n) is 4.11. The maximum absolute atomic E-state index is 12.3. The van der Waals surface area contributed by atoms with Crippen LogP contribution < -0.4 is 25.2 Å². The lowest BCUT2D eigenvalue weighted by Crippen LogP contribution is -2.30. The van der Waals surface area contributed by atoms with E-state index in [1.54, 1.807) is 13.3 Å². The number of rotatable bonds is 10. The lowest BCUT2D eigenvalue weighted by atomic mass is 10.1. The fraction of sp³-hybridized carbons (Fsp3) is 0.423. The number of methoxy groups -OCH3 is 1. The quantitative estimate of drug-likeness (QED) is 0.421. The van der Waals surface area contributed by atoms with Crippen molar-refractivity contribution in [3.8, 4) is 5.75 Å². The van der Waals surface area contributed by atoms with Gasteiger partial charge >= 0.3 is 0 Å². The van der Waals surface area contributed by atoms with Crippen molar-refractivity contribution in [1.82, 2.24) is 14.9 Å². The molecule has 4 rings (SSSR count). The van der Waals surface area contributed by atoms with Crippen molar-refractivity contribution in [3.05, 3.63) is 46.3 Å². The van der Waals surface area contributed by atoms with Crippen LogP contribution >= 0.6 is 11.3 Å². The van der Waals surface area contributed by atoms with Crippen LogP contribution in [0.3, 0.4) is 0 Å². The van der Waals surface area contributed by atoms with E-state index in [0.717, 1.165) is 44.1 Å². The molecule has 0 atom stereocenters. The van der Waals surface area contributed by atoms with Crippen LogP contribution in [0, 0.1) is 0 Å². The van der Waals surface area contributed by atoms with E-state index in [1.807, 2.05) is 57.6 Å². The van der Waals surface area contributed by atoms with Gasteiger partial charge in [-0.2, -0.15) is 4.98 Å². The maximum atomic E-state index is 12.3. The van der Waals surface area contributed by atoms with E-state index in [-0.39, 0.29) is 5.91 Å².